The molecule has 0 saturated carbocycles. The normalized spacial score (nSPS) is 22.3. The summed E-state index contributed by atoms with van der Waals surface area (Å²) in [4.78, 5) is 13.9. The fourth-order valence-electron chi connectivity index (χ4n) is 6.53. The van der Waals surface area contributed by atoms with E-state index in [1.807, 2.05) is 12.1 Å². The summed E-state index contributed by atoms with van der Waals surface area (Å²) in [6.45, 7) is 1.79. The van der Waals surface area contributed by atoms with Gasteiger partial charge in [-0.2, -0.15) is 0 Å². The Morgan fingerprint density at radius 3 is 2.62 bits per heavy atom. The van der Waals surface area contributed by atoms with Gasteiger partial charge in [-0.15, -0.1) is 0 Å². The number of carbonyl (C=O) groups is 1. The Balaban J connectivity index is 1.20. The van der Waals surface area contributed by atoms with Gasteiger partial charge in [0.15, 0.2) is 0 Å². The van der Waals surface area contributed by atoms with Crippen molar-refractivity contribution in [3.8, 4) is 0 Å². The lowest BCUT2D eigenvalue weighted by Crippen LogP contribution is -2.41. The maximum atomic E-state index is 14.2. The van der Waals surface area contributed by atoms with Crippen molar-refractivity contribution in [1.29, 1.82) is 0 Å². The van der Waals surface area contributed by atoms with E-state index in [1.54, 1.807) is 6.07 Å². The topological polar surface area (TPSA) is 52.6 Å². The van der Waals surface area contributed by atoms with E-state index in [9.17, 15) is 14.3 Å². The number of aliphatic carboxylic acids is 1. The molecule has 1 saturated heterocycles. The highest BCUT2D eigenvalue weighted by atomic mass is 19.1. The third-order valence-corrected chi connectivity index (χ3v) is 8.21. The summed E-state index contributed by atoms with van der Waals surface area (Å²) >= 11 is 0. The van der Waals surface area contributed by atoms with E-state index in [0.29, 0.717) is 6.04 Å². The summed E-state index contributed by atoms with van der Waals surface area (Å²) < 4.78 is 14.2. The number of fused-ring (bicyclic) bond motifs is 3. The second kappa shape index (κ2) is 8.15. The van der Waals surface area contributed by atoms with Crippen LogP contribution in [0.2, 0.25) is 0 Å². The summed E-state index contributed by atoms with van der Waals surface area (Å²) in [6, 6.07) is 22.6. The van der Waals surface area contributed by atoms with Gasteiger partial charge in [-0.05, 0) is 89.6 Å². The molecule has 2 atom stereocenters. The quantitative estimate of drug-likeness (QED) is 0.503. The Morgan fingerprint density at radius 1 is 1.06 bits per heavy atom. The van der Waals surface area contributed by atoms with Crippen LogP contribution in [0, 0.1) is 5.82 Å². The number of halogens is 1. The Bertz CT molecular complexity index is 1230. The van der Waals surface area contributed by atoms with Crippen LogP contribution < -0.4 is 10.2 Å². The Kier molecular flexibility index (Phi) is 5.09. The molecule has 0 bridgehead atoms. The van der Waals surface area contributed by atoms with Crippen LogP contribution in [0.5, 0.6) is 0 Å². The van der Waals surface area contributed by atoms with Gasteiger partial charge < -0.3 is 15.3 Å². The predicted octanol–water partition coefficient (Wildman–Crippen LogP) is 6.04. The predicted molar refractivity (Wildman–Crippen MR) is 132 cm³/mol. The van der Waals surface area contributed by atoms with Crippen molar-refractivity contribution < 1.29 is 14.3 Å². The third kappa shape index (κ3) is 3.64. The van der Waals surface area contributed by atoms with Crippen molar-refractivity contribution in [2.75, 3.05) is 23.3 Å². The first-order valence-corrected chi connectivity index (χ1v) is 12.2. The average molecular weight is 457 g/mol. The van der Waals surface area contributed by atoms with Gasteiger partial charge in [0.2, 0.25) is 0 Å². The summed E-state index contributed by atoms with van der Waals surface area (Å²) in [6.07, 6.45) is 3.74. The highest BCUT2D eigenvalue weighted by Gasteiger charge is 2.46. The van der Waals surface area contributed by atoms with Crippen LogP contribution in [0.4, 0.5) is 15.8 Å². The van der Waals surface area contributed by atoms with Gasteiger partial charge in [-0.25, -0.2) is 4.39 Å². The number of hydrogen-bond donors (Lipinski definition) is 2. The summed E-state index contributed by atoms with van der Waals surface area (Å²) in [5.74, 6) is -1.04. The molecule has 2 heterocycles. The molecule has 1 fully saturated rings. The smallest absolute Gasteiger partial charge is 0.303 e. The van der Waals surface area contributed by atoms with Gasteiger partial charge in [-0.1, -0.05) is 36.4 Å². The van der Waals surface area contributed by atoms with Crippen LogP contribution in [0.1, 0.15) is 59.9 Å². The van der Waals surface area contributed by atoms with Crippen molar-refractivity contribution in [3.05, 3.63) is 94.8 Å². The molecule has 2 aliphatic heterocycles. The maximum Gasteiger partial charge on any atom is 0.303 e. The Labute approximate surface area is 199 Å². The molecule has 0 aromatic heterocycles. The largest absolute Gasteiger partial charge is 0.481 e. The number of nitrogens with zero attached hydrogens (tertiary/aromatic N) is 1. The molecule has 174 valence electrons. The highest BCUT2D eigenvalue weighted by molar-refractivity contribution is 5.69. The van der Waals surface area contributed by atoms with Gasteiger partial charge in [0.25, 0.3) is 0 Å². The zero-order valence-corrected chi connectivity index (χ0v) is 19.1. The molecule has 0 amide bonds. The zero-order valence-electron chi connectivity index (χ0n) is 19.1. The number of benzene rings is 3. The molecule has 3 aromatic rings. The minimum atomic E-state index is -0.782. The first-order valence-electron chi connectivity index (χ1n) is 12.2. The fraction of sp³-hybridized carbons (Fsp3) is 0.345. The van der Waals surface area contributed by atoms with Crippen molar-refractivity contribution in [2.45, 2.75) is 49.5 Å². The summed E-state index contributed by atoms with van der Waals surface area (Å²) in [5.41, 5.74) is 7.07. The fourth-order valence-corrected chi connectivity index (χ4v) is 6.53. The molecule has 1 aliphatic carbocycles. The van der Waals surface area contributed by atoms with Gasteiger partial charge in [0.05, 0.1) is 12.5 Å². The molecule has 0 radical (unpaired) electrons. The van der Waals surface area contributed by atoms with E-state index in [0.717, 1.165) is 49.9 Å². The minimum Gasteiger partial charge on any atom is -0.481 e. The highest BCUT2D eigenvalue weighted by Crippen LogP contribution is 2.53. The first-order chi connectivity index (χ1) is 16.5. The molecule has 5 heteroatoms. The number of nitrogens with one attached hydrogen (secondary N) is 1. The average Bonchev–Trinajstić information content (AvgIpc) is 3.39. The molecule has 34 heavy (non-hydrogen) atoms. The van der Waals surface area contributed by atoms with Gasteiger partial charge in [-0.3, -0.25) is 4.79 Å². The van der Waals surface area contributed by atoms with Crippen molar-refractivity contribution in [1.82, 2.24) is 0 Å². The lowest BCUT2D eigenvalue weighted by Gasteiger charge is -2.41. The second-order valence-electron chi connectivity index (χ2n) is 10.2. The number of hydrogen-bond acceptors (Lipinski definition) is 3. The maximum absolute atomic E-state index is 14.2. The van der Waals surface area contributed by atoms with E-state index >= 15 is 0 Å². The van der Waals surface area contributed by atoms with Crippen LogP contribution in [0.15, 0.2) is 66.7 Å². The molecular weight excluding hydrogens is 427 g/mol. The lowest BCUT2D eigenvalue weighted by molar-refractivity contribution is -0.137. The molecule has 2 N–H and O–H groups in total. The number of carboxylic acid groups (broad SMARTS) is 1. The molecule has 3 aromatic carbocycles. The van der Waals surface area contributed by atoms with E-state index in [1.165, 1.54) is 28.6 Å². The Hall–Kier alpha value is -3.34. The number of anilines is 2. The van der Waals surface area contributed by atoms with Gasteiger partial charge >= 0.3 is 5.97 Å². The van der Waals surface area contributed by atoms with Crippen LogP contribution >= 0.6 is 0 Å². The van der Waals surface area contributed by atoms with E-state index in [2.05, 4.69) is 52.7 Å². The lowest BCUT2D eigenvalue weighted by atomic mass is 9.73. The second-order valence-corrected chi connectivity index (χ2v) is 10.2. The molecular formula is C29H29FN2O2. The summed E-state index contributed by atoms with van der Waals surface area (Å²) in [5, 5.41) is 13.1. The number of rotatable bonds is 4. The minimum absolute atomic E-state index is 0.0272. The SMILES string of the molecule is O=C(O)C[C@@H]1CC2(CCN(c3ccc4c(c3)CC(c3ccccc3)N4)CC2)c2cc(F)ccc21. The van der Waals surface area contributed by atoms with Crippen LogP contribution in [-0.2, 0) is 16.6 Å². The number of piperidine rings is 1. The van der Waals surface area contributed by atoms with E-state index in [4.69, 9.17) is 0 Å². The van der Waals surface area contributed by atoms with Crippen LogP contribution in [0.3, 0.4) is 0 Å². The van der Waals surface area contributed by atoms with Crippen LogP contribution in [-0.4, -0.2) is 24.2 Å². The Morgan fingerprint density at radius 2 is 1.85 bits per heavy atom. The first kappa shape index (κ1) is 21.2. The monoisotopic (exact) mass is 456 g/mol. The van der Waals surface area contributed by atoms with Crippen molar-refractivity contribution in [2.24, 2.45) is 0 Å². The molecule has 1 unspecified atom stereocenters. The van der Waals surface area contributed by atoms with Crippen molar-refractivity contribution >= 4 is 17.3 Å². The van der Waals surface area contributed by atoms with Crippen molar-refractivity contribution in [3.63, 3.8) is 0 Å². The van der Waals surface area contributed by atoms with Gasteiger partial charge in [0.1, 0.15) is 5.82 Å². The standard InChI is InChI=1S/C29H29FN2O2/c30-22-6-8-24-21(16-28(33)34)18-29(25(24)17-22)10-12-32(13-11-29)23-7-9-26-20(14-23)15-27(31-26)19-4-2-1-3-5-19/h1-9,14,17,21,27,31H,10-13,15-16,18H2,(H,33,34)/t21-,27?/m1/s1. The molecule has 6 rings (SSSR count). The van der Waals surface area contributed by atoms with E-state index < -0.39 is 5.97 Å². The molecule has 4 nitrogen and oxygen atoms in total. The molecule has 3 aliphatic rings. The number of carboxylic acids is 1. The van der Waals surface area contributed by atoms with Crippen LogP contribution in [0.25, 0.3) is 0 Å². The zero-order chi connectivity index (χ0) is 23.3. The van der Waals surface area contributed by atoms with E-state index in [-0.39, 0.29) is 23.6 Å². The third-order valence-electron chi connectivity index (χ3n) is 8.21. The molecule has 1 spiro atoms. The van der Waals surface area contributed by atoms with Gasteiger partial charge in [0, 0.05) is 24.5 Å². The summed E-state index contributed by atoms with van der Waals surface area (Å²) in [7, 11) is 0.